The van der Waals surface area contributed by atoms with Gasteiger partial charge in [-0.3, -0.25) is 14.9 Å². The first-order valence-electron chi connectivity index (χ1n) is 10.2. The molecule has 0 unspecified atom stereocenters. The van der Waals surface area contributed by atoms with E-state index in [9.17, 15) is 14.9 Å². The fourth-order valence-electron chi connectivity index (χ4n) is 3.29. The van der Waals surface area contributed by atoms with Crippen molar-refractivity contribution in [1.82, 2.24) is 15.3 Å². The Morgan fingerprint density at radius 2 is 1.82 bits per heavy atom. The smallest absolute Gasteiger partial charge is 0.270 e. The number of carbonyl (C=O) groups is 1. The summed E-state index contributed by atoms with van der Waals surface area (Å²) in [6.07, 6.45) is 0. The average Bonchev–Trinajstić information content (AvgIpc) is 2.81. The molecule has 0 aliphatic heterocycles. The first-order valence-corrected chi connectivity index (χ1v) is 10.6. The predicted octanol–water partition coefficient (Wildman–Crippen LogP) is 5.01. The number of rotatable bonds is 7. The molecule has 2 N–H and O–H groups in total. The topological polar surface area (TPSA) is 110 Å². The molecule has 0 aliphatic rings. The summed E-state index contributed by atoms with van der Waals surface area (Å²) in [5.41, 5.74) is 2.82. The first-order chi connectivity index (χ1) is 15.9. The number of amides is 1. The summed E-state index contributed by atoms with van der Waals surface area (Å²) in [5.74, 6) is 0.796. The molecule has 3 aromatic carbocycles. The van der Waals surface area contributed by atoms with Gasteiger partial charge in [0.2, 0.25) is 0 Å². The Bertz CT molecular complexity index is 1340. The molecule has 0 fully saturated rings. The number of benzene rings is 3. The number of nitro groups is 1. The van der Waals surface area contributed by atoms with Crippen LogP contribution in [0.3, 0.4) is 0 Å². The van der Waals surface area contributed by atoms with Crippen molar-refractivity contribution < 1.29 is 9.72 Å². The van der Waals surface area contributed by atoms with Gasteiger partial charge in [0.1, 0.15) is 5.82 Å². The number of hydrogen-bond acceptors (Lipinski definition) is 6. The molecule has 8 nitrogen and oxygen atoms in total. The van der Waals surface area contributed by atoms with Crippen molar-refractivity contribution >= 4 is 39.9 Å². The van der Waals surface area contributed by atoms with Gasteiger partial charge in [0, 0.05) is 46.8 Å². The van der Waals surface area contributed by atoms with Gasteiger partial charge in [-0.25, -0.2) is 9.97 Å². The van der Waals surface area contributed by atoms with Crippen LogP contribution in [0, 0.1) is 17.0 Å². The summed E-state index contributed by atoms with van der Waals surface area (Å²) >= 11 is 6.17. The van der Waals surface area contributed by atoms with E-state index >= 15 is 0 Å². The Labute approximate surface area is 194 Å². The summed E-state index contributed by atoms with van der Waals surface area (Å²) in [7, 11) is 0. The molecule has 0 saturated heterocycles. The van der Waals surface area contributed by atoms with Gasteiger partial charge in [-0.1, -0.05) is 47.5 Å². The summed E-state index contributed by atoms with van der Waals surface area (Å²) in [6, 6.07) is 18.9. The van der Waals surface area contributed by atoms with Crippen LogP contribution in [0.1, 0.15) is 15.9 Å². The molecule has 33 heavy (non-hydrogen) atoms. The molecule has 1 aromatic heterocycles. The van der Waals surface area contributed by atoms with Crippen LogP contribution in [-0.4, -0.2) is 33.9 Å². The molecule has 4 aromatic rings. The van der Waals surface area contributed by atoms with Gasteiger partial charge in [-0.05, 0) is 31.2 Å². The van der Waals surface area contributed by atoms with E-state index in [0.29, 0.717) is 35.3 Å². The van der Waals surface area contributed by atoms with Crippen molar-refractivity contribution in [2.45, 2.75) is 6.92 Å². The van der Waals surface area contributed by atoms with Gasteiger partial charge in [0.25, 0.3) is 11.6 Å². The van der Waals surface area contributed by atoms with Crippen molar-refractivity contribution in [1.29, 1.82) is 0 Å². The number of halogens is 1. The number of aryl methyl sites for hydroxylation is 1. The van der Waals surface area contributed by atoms with E-state index in [0.717, 1.165) is 16.5 Å². The van der Waals surface area contributed by atoms with E-state index in [4.69, 9.17) is 11.6 Å². The van der Waals surface area contributed by atoms with Crippen molar-refractivity contribution in [2.24, 2.45) is 0 Å². The third-order valence-corrected chi connectivity index (χ3v) is 5.23. The van der Waals surface area contributed by atoms with Crippen LogP contribution in [0.15, 0.2) is 66.7 Å². The van der Waals surface area contributed by atoms with Gasteiger partial charge in [0.05, 0.1) is 10.4 Å². The Kier molecular flexibility index (Phi) is 6.46. The molecule has 0 aliphatic carbocycles. The fraction of sp³-hybridized carbons (Fsp3) is 0.125. The predicted molar refractivity (Wildman–Crippen MR) is 129 cm³/mol. The van der Waals surface area contributed by atoms with Crippen molar-refractivity contribution in [3.05, 3.63) is 93.0 Å². The van der Waals surface area contributed by atoms with Crippen molar-refractivity contribution in [3.8, 4) is 11.4 Å². The average molecular weight is 462 g/mol. The maximum atomic E-state index is 12.3. The van der Waals surface area contributed by atoms with Gasteiger partial charge < -0.3 is 10.6 Å². The maximum absolute atomic E-state index is 12.3. The highest BCUT2D eigenvalue weighted by Crippen LogP contribution is 2.27. The molecule has 0 saturated carbocycles. The van der Waals surface area contributed by atoms with Crippen LogP contribution in [0.2, 0.25) is 5.02 Å². The quantitative estimate of drug-likeness (QED) is 0.227. The molecule has 166 valence electrons. The number of fused-ring (bicyclic) bond motifs is 1. The number of hydrogen-bond donors (Lipinski definition) is 2. The largest absolute Gasteiger partial charge is 0.368 e. The molecule has 0 bridgehead atoms. The van der Waals surface area contributed by atoms with Gasteiger partial charge in [-0.15, -0.1) is 0 Å². The van der Waals surface area contributed by atoms with E-state index in [2.05, 4.69) is 20.6 Å². The van der Waals surface area contributed by atoms with Crippen LogP contribution in [0.5, 0.6) is 0 Å². The molecule has 1 amide bonds. The summed E-state index contributed by atoms with van der Waals surface area (Å²) in [5, 5.41) is 18.3. The Balaban J connectivity index is 1.50. The molecule has 0 atom stereocenters. The normalized spacial score (nSPS) is 10.7. The molecule has 0 spiro atoms. The summed E-state index contributed by atoms with van der Waals surface area (Å²) < 4.78 is 0. The molecule has 9 heteroatoms. The maximum Gasteiger partial charge on any atom is 0.270 e. The molecule has 1 heterocycles. The minimum atomic E-state index is -0.531. The van der Waals surface area contributed by atoms with Gasteiger partial charge in [-0.2, -0.15) is 0 Å². The lowest BCUT2D eigenvalue weighted by atomic mass is 10.1. The first kappa shape index (κ1) is 22.2. The zero-order valence-corrected chi connectivity index (χ0v) is 18.5. The minimum absolute atomic E-state index is 0.129. The molecular weight excluding hydrogens is 442 g/mol. The van der Waals surface area contributed by atoms with Crippen LogP contribution in [-0.2, 0) is 0 Å². The Morgan fingerprint density at radius 1 is 1.03 bits per heavy atom. The van der Waals surface area contributed by atoms with E-state index < -0.39 is 4.92 Å². The van der Waals surface area contributed by atoms with E-state index in [1.165, 1.54) is 24.3 Å². The number of anilines is 1. The third kappa shape index (κ3) is 5.24. The van der Waals surface area contributed by atoms with Crippen LogP contribution in [0.25, 0.3) is 22.3 Å². The van der Waals surface area contributed by atoms with E-state index in [1.54, 1.807) is 12.1 Å². The zero-order chi connectivity index (χ0) is 23.4. The minimum Gasteiger partial charge on any atom is -0.368 e. The van der Waals surface area contributed by atoms with E-state index in [-0.39, 0.29) is 17.2 Å². The second-order valence-corrected chi connectivity index (χ2v) is 7.85. The van der Waals surface area contributed by atoms with E-state index in [1.807, 2.05) is 37.3 Å². The lowest BCUT2D eigenvalue weighted by Gasteiger charge is -2.12. The SMILES string of the molecule is Cc1ccc(-c2nc(NCCNC(=O)c3cccc([N+](=O)[O-])c3)c3ccc(Cl)cc3n2)cc1. The fourth-order valence-corrected chi connectivity index (χ4v) is 3.46. The summed E-state index contributed by atoms with van der Waals surface area (Å²) in [6.45, 7) is 2.70. The number of aromatic nitrogens is 2. The highest BCUT2D eigenvalue weighted by Gasteiger charge is 2.12. The highest BCUT2D eigenvalue weighted by molar-refractivity contribution is 6.31. The van der Waals surface area contributed by atoms with Crippen LogP contribution < -0.4 is 10.6 Å². The van der Waals surface area contributed by atoms with Crippen LogP contribution in [0.4, 0.5) is 11.5 Å². The summed E-state index contributed by atoms with van der Waals surface area (Å²) in [4.78, 5) is 32.1. The number of nitrogens with zero attached hydrogens (tertiary/aromatic N) is 3. The van der Waals surface area contributed by atoms with Gasteiger partial charge in [0.15, 0.2) is 5.82 Å². The van der Waals surface area contributed by atoms with Crippen molar-refractivity contribution in [3.63, 3.8) is 0 Å². The highest BCUT2D eigenvalue weighted by atomic mass is 35.5. The number of nitrogens with one attached hydrogen (secondary N) is 2. The lowest BCUT2D eigenvalue weighted by Crippen LogP contribution is -2.29. The number of nitro benzene ring substituents is 1. The second-order valence-electron chi connectivity index (χ2n) is 7.41. The standard InChI is InChI=1S/C24H20ClN5O3/c1-15-5-7-16(8-6-15)22-28-21-14-18(25)9-10-20(21)23(29-22)26-11-12-27-24(31)17-3-2-4-19(13-17)30(32)33/h2-10,13-14H,11-12H2,1H3,(H,27,31)(H,26,28,29). The molecular formula is C24H20ClN5O3. The van der Waals surface area contributed by atoms with Gasteiger partial charge >= 0.3 is 0 Å². The third-order valence-electron chi connectivity index (χ3n) is 4.99. The zero-order valence-electron chi connectivity index (χ0n) is 17.7. The van der Waals surface area contributed by atoms with Crippen molar-refractivity contribution in [2.75, 3.05) is 18.4 Å². The Hall–Kier alpha value is -4.04. The van der Waals surface area contributed by atoms with Crippen LogP contribution >= 0.6 is 11.6 Å². The monoisotopic (exact) mass is 461 g/mol. The molecule has 0 radical (unpaired) electrons. The number of carbonyl (C=O) groups excluding carboxylic acids is 1. The number of non-ortho nitro benzene ring substituents is 1. The second kappa shape index (κ2) is 9.62. The Morgan fingerprint density at radius 3 is 2.58 bits per heavy atom. The lowest BCUT2D eigenvalue weighted by molar-refractivity contribution is -0.384. The molecule has 4 rings (SSSR count).